The number of amides is 1. The number of rotatable bonds is 52. The highest BCUT2D eigenvalue weighted by atomic mass is 35.5. The number of carbonyl (C=O) groups is 1. The van der Waals surface area contributed by atoms with E-state index >= 15 is 0 Å². The standard InChI is InChI=1S/C25H34N8O2.C24H31ClN8O2.C24H32N8O2.C23H35N7O3/c1-20-5-7-21(8-6-20)23-29-24(28-11-17-35-19-18-34-16-9-26)31-25(30-23)33-14-12-32(13-15-33)22-4-2-3-10-27-22;25-20-6-4-19(5-7-20)22-29-23(28-10-16-35-18-17-34-15-8-26)31-24(30-22)33-13-11-32(12-14-33)21-3-1-2-9-27-21;25-9-16-33-18-19-34-17-11-27-23-28-22(20-6-2-1-3-7-20)29-24(30-23)32-14-12-31(13-15-32)21-8-4-5-10-26-21;24-9-14-32-16-17-33-15-11-26-23-28-20(18-19-6-2-1-3-7-19)27-22(29-23)25-10-5-13-30-12-4-8-21(30)31/h2-8,10H,9,11-19,26H2,1H3,(H,28,29,30,31);1-7,9H,8,10-18,26H2,(H,28,29,30,31);1-8,10H,9,11-19,25H2,(H,27,28,29,30);1-3,6-7H,4-5,8-18,24H2,(H2,25,26,27,28,29). The third-order valence-electron chi connectivity index (χ3n) is 21.5. The van der Waals surface area contributed by atoms with Crippen molar-refractivity contribution in [3.8, 4) is 34.2 Å². The molecule has 15 rings (SSSR count). The van der Waals surface area contributed by atoms with E-state index in [1.165, 1.54) is 5.56 Å². The van der Waals surface area contributed by atoms with Gasteiger partial charge in [-0.15, -0.1) is 0 Å². The lowest BCUT2D eigenvalue weighted by Gasteiger charge is -2.35. The van der Waals surface area contributed by atoms with E-state index in [0.29, 0.717) is 253 Å². The minimum Gasteiger partial charge on any atom is -0.378 e. The van der Waals surface area contributed by atoms with Crippen molar-refractivity contribution in [3.63, 3.8) is 0 Å². The van der Waals surface area contributed by atoms with Crippen LogP contribution in [0, 0.1) is 6.92 Å². The zero-order valence-electron chi connectivity index (χ0n) is 78.4. The van der Waals surface area contributed by atoms with Crippen LogP contribution in [0.5, 0.6) is 0 Å². The van der Waals surface area contributed by atoms with E-state index < -0.39 is 0 Å². The summed E-state index contributed by atoms with van der Waals surface area (Å²) < 4.78 is 43.6. The van der Waals surface area contributed by atoms with Crippen LogP contribution < -0.4 is 78.9 Å². The number of halogens is 1. The predicted octanol–water partition coefficient (Wildman–Crippen LogP) is 7.24. The smallest absolute Gasteiger partial charge is 0.230 e. The van der Waals surface area contributed by atoms with E-state index in [1.807, 2.05) is 163 Å². The van der Waals surface area contributed by atoms with Crippen molar-refractivity contribution in [3.05, 3.63) is 204 Å². The molecule has 0 bridgehead atoms. The Morgan fingerprint density at radius 1 is 0.321 bits per heavy atom. The Labute approximate surface area is 807 Å². The molecule has 4 fully saturated rings. The molecule has 7 aromatic heterocycles. The summed E-state index contributed by atoms with van der Waals surface area (Å²) >= 11 is 6.07. The van der Waals surface area contributed by atoms with Gasteiger partial charge in [0.2, 0.25) is 53.5 Å². The molecule has 0 saturated carbocycles. The van der Waals surface area contributed by atoms with Gasteiger partial charge in [-0.05, 0) is 86.0 Å². The third-order valence-corrected chi connectivity index (χ3v) is 21.8. The van der Waals surface area contributed by atoms with Crippen LogP contribution in [0.1, 0.15) is 36.2 Å². The molecule has 732 valence electrons. The van der Waals surface area contributed by atoms with Gasteiger partial charge in [-0.1, -0.05) is 120 Å². The number of piperazine rings is 3. The summed E-state index contributed by atoms with van der Waals surface area (Å²) in [6.07, 6.45) is 8.56. The van der Waals surface area contributed by atoms with Crippen molar-refractivity contribution >= 4 is 82.5 Å². The van der Waals surface area contributed by atoms with Crippen molar-refractivity contribution in [2.24, 2.45) is 22.9 Å². The normalized spacial score (nSPS) is 13.7. The maximum Gasteiger partial charge on any atom is 0.230 e. The van der Waals surface area contributed by atoms with Gasteiger partial charge in [-0.2, -0.15) is 59.8 Å². The Morgan fingerprint density at radius 3 is 0.985 bits per heavy atom. The molecule has 0 aliphatic carbocycles. The van der Waals surface area contributed by atoms with Crippen LogP contribution >= 0.6 is 11.6 Å². The molecule has 40 nitrogen and oxygen atoms in total. The highest BCUT2D eigenvalue weighted by molar-refractivity contribution is 6.30. The Kier molecular flexibility index (Phi) is 45.4. The number of nitrogens with zero attached hydrogens (tertiary/aromatic N) is 22. The fourth-order valence-electron chi connectivity index (χ4n) is 14.5. The first-order valence-corrected chi connectivity index (χ1v) is 47.5. The van der Waals surface area contributed by atoms with Gasteiger partial charge in [0.05, 0.1) is 106 Å². The van der Waals surface area contributed by atoms with Crippen LogP contribution in [0.15, 0.2) is 182 Å². The predicted molar refractivity (Wildman–Crippen MR) is 536 cm³/mol. The number of likely N-dealkylation sites (tertiary alicyclic amines) is 1. The van der Waals surface area contributed by atoms with E-state index in [9.17, 15) is 4.79 Å². The summed E-state index contributed by atoms with van der Waals surface area (Å²) in [5.74, 6) is 10.4. The number of hydrogen-bond acceptors (Lipinski definition) is 39. The van der Waals surface area contributed by atoms with Crippen molar-refractivity contribution in [1.29, 1.82) is 0 Å². The number of aromatic nitrogens is 15. The number of carbonyl (C=O) groups excluding carboxylic acids is 1. The van der Waals surface area contributed by atoms with Crippen LogP contribution in [0.25, 0.3) is 34.2 Å². The average molecular weight is 1900 g/mol. The molecular weight excluding hydrogens is 1770 g/mol. The maximum absolute atomic E-state index is 11.8. The second-order valence-electron chi connectivity index (χ2n) is 31.7. The third kappa shape index (κ3) is 36.8. The Hall–Kier alpha value is -12.6. The molecule has 4 aliphatic heterocycles. The zero-order valence-corrected chi connectivity index (χ0v) is 79.2. The lowest BCUT2D eigenvalue weighted by Crippen LogP contribution is -2.47. The molecule has 41 heteroatoms. The first-order chi connectivity index (χ1) is 67.5. The van der Waals surface area contributed by atoms with Gasteiger partial charge in [0.15, 0.2) is 17.5 Å². The van der Waals surface area contributed by atoms with Gasteiger partial charge < -0.3 is 122 Å². The Bertz CT molecular complexity index is 4990. The van der Waals surface area contributed by atoms with Crippen molar-refractivity contribution in [1.82, 2.24) is 79.7 Å². The van der Waals surface area contributed by atoms with Gasteiger partial charge in [0.25, 0.3) is 0 Å². The molecule has 0 spiro atoms. The second kappa shape index (κ2) is 60.1. The van der Waals surface area contributed by atoms with Crippen molar-refractivity contribution in [2.45, 2.75) is 32.6 Å². The SMILES string of the molecule is Cc1ccc(-c2nc(NCCOCCOCCN)nc(N3CCN(c4ccccn4)CC3)n2)cc1.NCCOCCOCCNc1nc(-c2ccc(Cl)cc2)nc(N2CCN(c3ccccn3)CC2)n1.NCCOCCOCCNc1nc(-c2ccccc2)nc(N2CCN(c3ccccn3)CC2)n1.NCCOCCOCCNc1nc(Cc2ccccc2)nc(NCCCN2CCCC2=O)n1. The second-order valence-corrected chi connectivity index (χ2v) is 32.1. The lowest BCUT2D eigenvalue weighted by atomic mass is 10.1. The average Bonchev–Trinajstić information content (AvgIpc) is 1.68. The minimum atomic E-state index is 0.250. The molecule has 1 amide bonds. The van der Waals surface area contributed by atoms with E-state index in [-0.39, 0.29) is 5.91 Å². The Morgan fingerprint density at radius 2 is 0.642 bits per heavy atom. The van der Waals surface area contributed by atoms with Crippen LogP contribution in [-0.4, -0.2) is 342 Å². The van der Waals surface area contributed by atoms with E-state index in [2.05, 4.69) is 132 Å². The fraction of sp³-hybridized carbons (Fsp3) is 0.458. The summed E-state index contributed by atoms with van der Waals surface area (Å²) in [7, 11) is 0. The van der Waals surface area contributed by atoms with Crippen molar-refractivity contribution < 1.29 is 42.7 Å². The summed E-state index contributed by atoms with van der Waals surface area (Å²) in [4.78, 5) is 96.6. The quantitative estimate of drug-likeness (QED) is 0.0169. The highest BCUT2D eigenvalue weighted by Gasteiger charge is 2.27. The molecule has 137 heavy (non-hydrogen) atoms. The van der Waals surface area contributed by atoms with Gasteiger partial charge in [-0.25, -0.2) is 15.0 Å². The van der Waals surface area contributed by atoms with E-state index in [1.54, 1.807) is 0 Å². The van der Waals surface area contributed by atoms with Gasteiger partial charge in [-0.3, -0.25) is 4.79 Å². The summed E-state index contributed by atoms with van der Waals surface area (Å²) in [5, 5.41) is 17.0. The number of nitrogens with one attached hydrogen (secondary N) is 5. The van der Waals surface area contributed by atoms with Crippen molar-refractivity contribution in [2.75, 3.05) is 312 Å². The van der Waals surface area contributed by atoms with E-state index in [0.717, 1.165) is 144 Å². The summed E-state index contributed by atoms with van der Waals surface area (Å²) in [6.45, 7) is 27.1. The molecule has 0 unspecified atom stereocenters. The number of nitrogens with two attached hydrogens (primary N) is 4. The molecule has 4 aliphatic rings. The number of hydrogen-bond donors (Lipinski definition) is 9. The Balaban J connectivity index is 0.000000164. The lowest BCUT2D eigenvalue weighted by molar-refractivity contribution is -0.127. The first kappa shape index (κ1) is 103. The summed E-state index contributed by atoms with van der Waals surface area (Å²) in [6, 6.07) is 53.7. The molecule has 0 atom stereocenters. The number of ether oxygens (including phenoxy) is 8. The summed E-state index contributed by atoms with van der Waals surface area (Å²) in [5.41, 5.74) is 26.7. The molecule has 11 heterocycles. The van der Waals surface area contributed by atoms with E-state index in [4.69, 9.17) is 102 Å². The minimum absolute atomic E-state index is 0.250. The van der Waals surface area contributed by atoms with Crippen LogP contribution in [-0.2, 0) is 49.1 Å². The molecule has 11 aromatic rings. The van der Waals surface area contributed by atoms with Crippen LogP contribution in [0.4, 0.5) is 65.0 Å². The van der Waals surface area contributed by atoms with Gasteiger partial charge >= 0.3 is 0 Å². The highest BCUT2D eigenvalue weighted by Crippen LogP contribution is 2.28. The first-order valence-electron chi connectivity index (χ1n) is 47.1. The van der Waals surface area contributed by atoms with Crippen LogP contribution in [0.2, 0.25) is 5.02 Å². The topological polar surface area (TPSA) is 471 Å². The number of pyridine rings is 3. The van der Waals surface area contributed by atoms with Crippen LogP contribution in [0.3, 0.4) is 0 Å². The van der Waals surface area contributed by atoms with Gasteiger partial charge in [0, 0.05) is 204 Å². The zero-order chi connectivity index (χ0) is 95.2. The monoisotopic (exact) mass is 1900 g/mol. The molecule has 0 radical (unpaired) electrons. The molecular formula is C96H132ClN31O9. The number of anilines is 11. The number of aryl methyl sites for hydroxylation is 1. The largest absolute Gasteiger partial charge is 0.378 e. The number of benzene rings is 4. The molecule has 13 N–H and O–H groups in total. The molecule has 4 aromatic carbocycles. The van der Waals surface area contributed by atoms with Gasteiger partial charge in [0.1, 0.15) is 23.3 Å². The maximum atomic E-state index is 11.8. The molecule has 4 saturated heterocycles. The fourth-order valence-corrected chi connectivity index (χ4v) is 14.6.